The van der Waals surface area contributed by atoms with Crippen molar-refractivity contribution >= 4 is 12.4 Å². The molecule has 1 unspecified atom stereocenters. The summed E-state index contributed by atoms with van der Waals surface area (Å²) in [5.41, 5.74) is 3.26. The lowest BCUT2D eigenvalue weighted by Gasteiger charge is -2.26. The Morgan fingerprint density at radius 3 is 2.50 bits per heavy atom. The Hall–Kier alpha value is -2.96. The second kappa shape index (κ2) is 10.6. The number of esters is 1. The number of carbonyl (C=O) groups excluding carboxylic acids is 2. The zero-order chi connectivity index (χ0) is 22.3. The van der Waals surface area contributed by atoms with E-state index in [2.05, 4.69) is 6.58 Å². The number of hydrogen-bond donors (Lipinski definition) is 0. The molecule has 4 atom stereocenters. The molecule has 0 N–H and O–H groups in total. The van der Waals surface area contributed by atoms with Gasteiger partial charge in [0.05, 0.1) is 12.2 Å². The minimum atomic E-state index is -0.494. The van der Waals surface area contributed by atoms with E-state index in [1.165, 1.54) is 0 Å². The number of carbonyl (C=O) groups is 2. The highest BCUT2D eigenvalue weighted by Gasteiger charge is 2.42. The summed E-state index contributed by atoms with van der Waals surface area (Å²) < 4.78 is 22.5. The van der Waals surface area contributed by atoms with E-state index >= 15 is 0 Å². The standard InChI is InChI=1S/C26H28O6/c1-18-22(16-30-25-9-5-6-14-29-25)24(15-23(18)31-17-27)32-26(28)21-12-10-20(11-13-21)19-7-3-2-4-8-19/h2-4,7-8,10-13,17,22-25H,1,5-6,9,14-16H2/t22-,23+,24-,25?/m0/s1. The van der Waals surface area contributed by atoms with Crippen molar-refractivity contribution in [2.45, 2.75) is 44.2 Å². The first-order valence-corrected chi connectivity index (χ1v) is 11.0. The molecule has 32 heavy (non-hydrogen) atoms. The van der Waals surface area contributed by atoms with Crippen LogP contribution in [0.5, 0.6) is 0 Å². The predicted octanol–water partition coefficient (Wildman–Crippen LogP) is 4.54. The maximum atomic E-state index is 12.8. The highest BCUT2D eigenvalue weighted by atomic mass is 16.7. The van der Waals surface area contributed by atoms with Crippen LogP contribution in [-0.2, 0) is 23.7 Å². The van der Waals surface area contributed by atoms with Crippen molar-refractivity contribution < 1.29 is 28.5 Å². The molecule has 0 aromatic heterocycles. The van der Waals surface area contributed by atoms with Gasteiger partial charge in [-0.3, -0.25) is 4.79 Å². The SMILES string of the molecule is C=C1[C@H](OC=O)C[C@H](OC(=O)c2ccc(-c3ccccc3)cc2)[C@H]1COC1CCCCO1. The Kier molecular flexibility index (Phi) is 7.35. The summed E-state index contributed by atoms with van der Waals surface area (Å²) in [6, 6.07) is 17.3. The number of benzene rings is 2. The van der Waals surface area contributed by atoms with Crippen molar-refractivity contribution in [1.29, 1.82) is 0 Å². The molecule has 2 fully saturated rings. The third-order valence-corrected chi connectivity index (χ3v) is 6.09. The molecule has 6 heteroatoms. The van der Waals surface area contributed by atoms with E-state index in [0.717, 1.165) is 30.4 Å². The smallest absolute Gasteiger partial charge is 0.338 e. The average Bonchev–Trinajstić information content (AvgIpc) is 3.13. The minimum absolute atomic E-state index is 0.260. The first-order chi connectivity index (χ1) is 15.7. The Bertz CT molecular complexity index is 917. The van der Waals surface area contributed by atoms with Gasteiger partial charge in [0.15, 0.2) is 6.29 Å². The lowest BCUT2D eigenvalue weighted by molar-refractivity contribution is -0.170. The van der Waals surface area contributed by atoms with Crippen LogP contribution >= 0.6 is 0 Å². The van der Waals surface area contributed by atoms with Gasteiger partial charge in [-0.15, -0.1) is 0 Å². The van der Waals surface area contributed by atoms with Gasteiger partial charge in [-0.25, -0.2) is 4.79 Å². The van der Waals surface area contributed by atoms with E-state index in [0.29, 0.717) is 37.2 Å². The van der Waals surface area contributed by atoms with Crippen LogP contribution in [0.25, 0.3) is 11.1 Å². The fourth-order valence-electron chi connectivity index (χ4n) is 4.25. The second-order valence-corrected chi connectivity index (χ2v) is 8.15. The fraction of sp³-hybridized carbons (Fsp3) is 0.385. The number of ether oxygens (including phenoxy) is 4. The summed E-state index contributed by atoms with van der Waals surface area (Å²) >= 11 is 0. The summed E-state index contributed by atoms with van der Waals surface area (Å²) in [6.07, 6.45) is 2.06. The molecule has 1 aliphatic heterocycles. The molecule has 1 saturated heterocycles. The summed E-state index contributed by atoms with van der Waals surface area (Å²) in [6.45, 7) is 5.47. The molecule has 1 aliphatic carbocycles. The Morgan fingerprint density at radius 2 is 1.81 bits per heavy atom. The van der Waals surface area contributed by atoms with Crippen LogP contribution in [0.2, 0.25) is 0 Å². The van der Waals surface area contributed by atoms with Crippen molar-refractivity contribution in [3.8, 4) is 11.1 Å². The van der Waals surface area contributed by atoms with Crippen molar-refractivity contribution in [3.63, 3.8) is 0 Å². The van der Waals surface area contributed by atoms with E-state index in [4.69, 9.17) is 18.9 Å². The maximum absolute atomic E-state index is 12.8. The normalized spacial score (nSPS) is 25.3. The topological polar surface area (TPSA) is 71.1 Å². The van der Waals surface area contributed by atoms with Crippen molar-refractivity contribution in [2.24, 2.45) is 5.92 Å². The molecule has 0 bridgehead atoms. The van der Waals surface area contributed by atoms with Gasteiger partial charge in [0.2, 0.25) is 0 Å². The largest absolute Gasteiger partial charge is 0.460 e. The van der Waals surface area contributed by atoms with Crippen molar-refractivity contribution in [3.05, 3.63) is 72.3 Å². The van der Waals surface area contributed by atoms with Crippen molar-refractivity contribution in [1.82, 2.24) is 0 Å². The molecule has 2 aromatic carbocycles. The van der Waals surface area contributed by atoms with Gasteiger partial charge in [-0.1, -0.05) is 49.0 Å². The van der Waals surface area contributed by atoms with Crippen LogP contribution in [0.4, 0.5) is 0 Å². The molecular formula is C26H28O6. The molecule has 4 rings (SSSR count). The van der Waals surface area contributed by atoms with Gasteiger partial charge in [0, 0.05) is 18.9 Å². The summed E-state index contributed by atoms with van der Waals surface area (Å²) in [7, 11) is 0. The third-order valence-electron chi connectivity index (χ3n) is 6.09. The van der Waals surface area contributed by atoms with E-state index < -0.39 is 18.2 Å². The van der Waals surface area contributed by atoms with E-state index in [-0.39, 0.29) is 12.2 Å². The van der Waals surface area contributed by atoms with Gasteiger partial charge >= 0.3 is 5.97 Å². The lowest BCUT2D eigenvalue weighted by atomic mass is 10.0. The molecule has 0 amide bonds. The molecule has 2 aromatic rings. The van der Waals surface area contributed by atoms with E-state index in [9.17, 15) is 9.59 Å². The van der Waals surface area contributed by atoms with Gasteiger partial charge in [-0.05, 0) is 48.1 Å². The highest BCUT2D eigenvalue weighted by molar-refractivity contribution is 5.90. The molecule has 168 valence electrons. The summed E-state index contributed by atoms with van der Waals surface area (Å²) in [4.78, 5) is 23.7. The van der Waals surface area contributed by atoms with Crippen LogP contribution in [0, 0.1) is 5.92 Å². The number of rotatable bonds is 8. The van der Waals surface area contributed by atoms with Crippen LogP contribution in [0.3, 0.4) is 0 Å². The highest BCUT2D eigenvalue weighted by Crippen LogP contribution is 2.36. The molecule has 1 saturated carbocycles. The molecule has 6 nitrogen and oxygen atoms in total. The van der Waals surface area contributed by atoms with E-state index in [1.54, 1.807) is 12.1 Å². The monoisotopic (exact) mass is 436 g/mol. The first-order valence-electron chi connectivity index (χ1n) is 11.0. The molecule has 0 radical (unpaired) electrons. The third kappa shape index (κ3) is 5.26. The van der Waals surface area contributed by atoms with Crippen LogP contribution < -0.4 is 0 Å². The zero-order valence-electron chi connectivity index (χ0n) is 18.0. The van der Waals surface area contributed by atoms with Gasteiger partial charge < -0.3 is 18.9 Å². The van der Waals surface area contributed by atoms with E-state index in [1.807, 2.05) is 42.5 Å². The van der Waals surface area contributed by atoms with Gasteiger partial charge in [0.1, 0.15) is 12.2 Å². The zero-order valence-corrected chi connectivity index (χ0v) is 18.0. The summed E-state index contributed by atoms with van der Waals surface area (Å²) in [5, 5.41) is 0. The predicted molar refractivity (Wildman–Crippen MR) is 119 cm³/mol. The van der Waals surface area contributed by atoms with Crippen molar-refractivity contribution in [2.75, 3.05) is 13.2 Å². The lowest BCUT2D eigenvalue weighted by Crippen LogP contribution is -2.30. The van der Waals surface area contributed by atoms with Crippen LogP contribution in [0.1, 0.15) is 36.0 Å². The Labute approximate surface area is 188 Å². The Morgan fingerprint density at radius 1 is 1.06 bits per heavy atom. The Balaban J connectivity index is 1.41. The second-order valence-electron chi connectivity index (χ2n) is 8.15. The van der Waals surface area contributed by atoms with Crippen LogP contribution in [0.15, 0.2) is 66.7 Å². The first kappa shape index (κ1) is 22.2. The molecule has 1 heterocycles. The average molecular weight is 437 g/mol. The minimum Gasteiger partial charge on any atom is -0.460 e. The van der Waals surface area contributed by atoms with Crippen LogP contribution in [-0.4, -0.2) is 44.2 Å². The molecule has 2 aliphatic rings. The number of hydrogen-bond acceptors (Lipinski definition) is 6. The summed E-state index contributed by atoms with van der Waals surface area (Å²) in [5.74, 6) is -0.689. The molecular weight excluding hydrogens is 408 g/mol. The molecule has 0 spiro atoms. The van der Waals surface area contributed by atoms with Gasteiger partial charge in [-0.2, -0.15) is 0 Å². The maximum Gasteiger partial charge on any atom is 0.338 e. The fourth-order valence-corrected chi connectivity index (χ4v) is 4.25. The van der Waals surface area contributed by atoms with Gasteiger partial charge in [0.25, 0.3) is 6.47 Å². The quantitative estimate of drug-likeness (QED) is 0.344.